The third-order valence-electron chi connectivity index (χ3n) is 3.24. The normalized spacial score (nSPS) is 17.2. The first-order valence-electron chi connectivity index (χ1n) is 6.37. The average molecular weight is 411 g/mol. The van der Waals surface area contributed by atoms with E-state index in [1.54, 1.807) is 21.6 Å². The largest absolute Gasteiger partial charge is 0.0854 e. The fourth-order valence-corrected chi connectivity index (χ4v) is 6.75. The van der Waals surface area contributed by atoms with Crippen molar-refractivity contribution < 1.29 is 0 Å². The summed E-state index contributed by atoms with van der Waals surface area (Å²) < 4.78 is 0. The Labute approximate surface area is 152 Å². The summed E-state index contributed by atoms with van der Waals surface area (Å²) in [6.45, 7) is 0. The maximum Gasteiger partial charge on any atom is 0.0809 e. The zero-order valence-corrected chi connectivity index (χ0v) is 15.9. The minimum Gasteiger partial charge on any atom is -0.0854 e. The molecule has 0 unspecified atom stereocenters. The van der Waals surface area contributed by atoms with E-state index in [4.69, 9.17) is 58.0 Å². The Kier molecular flexibility index (Phi) is 7.34. The molecule has 0 nitrogen and oxygen atoms in total. The van der Waals surface area contributed by atoms with Crippen LogP contribution in [0.1, 0.15) is 38.5 Å². The molecule has 0 spiro atoms. The Bertz CT molecular complexity index is 455. The smallest absolute Gasteiger partial charge is 0.0809 e. The van der Waals surface area contributed by atoms with Crippen molar-refractivity contribution in [3.63, 3.8) is 0 Å². The van der Waals surface area contributed by atoms with E-state index >= 15 is 0 Å². The van der Waals surface area contributed by atoms with Gasteiger partial charge in [0.2, 0.25) is 0 Å². The Hall–Kier alpha value is 1.37. The van der Waals surface area contributed by atoms with Crippen LogP contribution in [-0.2, 0) is 0 Å². The minimum absolute atomic E-state index is 0.215. The number of hydrogen-bond donors (Lipinski definition) is 0. The summed E-state index contributed by atoms with van der Waals surface area (Å²) >= 11 is 30.6. The quantitative estimate of drug-likeness (QED) is 0.212. The number of benzene rings is 1. The maximum atomic E-state index is 6.23. The Morgan fingerprint density at radius 3 is 1.60 bits per heavy atom. The zero-order chi connectivity index (χ0) is 14.7. The van der Waals surface area contributed by atoms with Gasteiger partial charge >= 0.3 is 0 Å². The Balaban J connectivity index is 2.13. The number of rotatable bonds is 3. The fourth-order valence-electron chi connectivity index (χ4n) is 2.11. The maximum absolute atomic E-state index is 6.23. The van der Waals surface area contributed by atoms with Crippen molar-refractivity contribution >= 4 is 79.6 Å². The first-order chi connectivity index (χ1) is 9.52. The van der Waals surface area contributed by atoms with Crippen LogP contribution in [0.3, 0.4) is 0 Å². The third kappa shape index (κ3) is 4.22. The standard InChI is InChI=1S/C13H13Cl5S2/c14-8-9(15)11(17)13(12(18)10(8)16)20-19-7-5-3-1-2-4-6-7/h7H,1-6H2. The van der Waals surface area contributed by atoms with Crippen LogP contribution in [0.5, 0.6) is 0 Å². The van der Waals surface area contributed by atoms with Crippen LogP contribution in [0.15, 0.2) is 4.90 Å². The second kappa shape index (κ2) is 8.29. The van der Waals surface area contributed by atoms with Crippen LogP contribution in [0.2, 0.25) is 25.1 Å². The predicted molar refractivity (Wildman–Crippen MR) is 96.4 cm³/mol. The van der Waals surface area contributed by atoms with Gasteiger partial charge in [-0.15, -0.1) is 0 Å². The molecular weight excluding hydrogens is 398 g/mol. The molecule has 1 saturated carbocycles. The predicted octanol–water partition coefficient (Wildman–Crippen LogP) is 8.42. The van der Waals surface area contributed by atoms with Crippen LogP contribution in [-0.4, -0.2) is 5.25 Å². The molecule has 0 atom stereocenters. The molecule has 0 aromatic heterocycles. The van der Waals surface area contributed by atoms with Gasteiger partial charge in [0.05, 0.1) is 30.0 Å². The van der Waals surface area contributed by atoms with E-state index in [2.05, 4.69) is 0 Å². The molecule has 1 aromatic carbocycles. The summed E-state index contributed by atoms with van der Waals surface area (Å²) in [6, 6.07) is 0. The second-order valence-corrected chi connectivity index (χ2v) is 9.09. The van der Waals surface area contributed by atoms with Crippen molar-refractivity contribution in [2.75, 3.05) is 0 Å². The van der Waals surface area contributed by atoms with Gasteiger partial charge in [-0.2, -0.15) is 0 Å². The molecule has 1 aliphatic carbocycles. The number of halogens is 5. The molecule has 7 heteroatoms. The molecule has 1 aliphatic rings. The first-order valence-corrected chi connectivity index (χ1v) is 10.5. The van der Waals surface area contributed by atoms with Crippen molar-refractivity contribution in [2.45, 2.75) is 48.7 Å². The van der Waals surface area contributed by atoms with Crippen LogP contribution in [0.25, 0.3) is 0 Å². The van der Waals surface area contributed by atoms with Gasteiger partial charge < -0.3 is 0 Å². The SMILES string of the molecule is Clc1c(Cl)c(Cl)c(SSC2CCCCCC2)c(Cl)c1Cl. The summed E-state index contributed by atoms with van der Waals surface area (Å²) in [5.41, 5.74) is 0. The molecule has 0 saturated heterocycles. The monoisotopic (exact) mass is 408 g/mol. The molecule has 0 radical (unpaired) electrons. The molecule has 0 bridgehead atoms. The van der Waals surface area contributed by atoms with Crippen LogP contribution in [0, 0.1) is 0 Å². The van der Waals surface area contributed by atoms with Crippen LogP contribution < -0.4 is 0 Å². The molecule has 0 aliphatic heterocycles. The summed E-state index contributed by atoms with van der Waals surface area (Å²) in [5, 5.41) is 2.16. The summed E-state index contributed by atoms with van der Waals surface area (Å²) in [7, 11) is 3.35. The van der Waals surface area contributed by atoms with Crippen molar-refractivity contribution in [3.8, 4) is 0 Å². The summed E-state index contributed by atoms with van der Waals surface area (Å²) in [6.07, 6.45) is 7.73. The van der Waals surface area contributed by atoms with Gasteiger partial charge in [0.1, 0.15) is 0 Å². The Morgan fingerprint density at radius 2 is 1.10 bits per heavy atom. The Morgan fingerprint density at radius 1 is 0.650 bits per heavy atom. The lowest BCUT2D eigenvalue weighted by Crippen LogP contribution is -1.97. The van der Waals surface area contributed by atoms with Gasteiger partial charge in [-0.25, -0.2) is 0 Å². The van der Waals surface area contributed by atoms with Crippen LogP contribution in [0.4, 0.5) is 0 Å². The van der Waals surface area contributed by atoms with E-state index in [-0.39, 0.29) is 15.1 Å². The topological polar surface area (TPSA) is 0 Å². The molecule has 2 rings (SSSR count). The van der Waals surface area contributed by atoms with Gasteiger partial charge in [0.15, 0.2) is 0 Å². The lowest BCUT2D eigenvalue weighted by Gasteiger charge is -2.15. The fraction of sp³-hybridized carbons (Fsp3) is 0.538. The summed E-state index contributed by atoms with van der Waals surface area (Å²) in [4.78, 5) is 0.710. The van der Waals surface area contributed by atoms with Gasteiger partial charge in [-0.05, 0) is 12.8 Å². The number of hydrogen-bond acceptors (Lipinski definition) is 2. The highest BCUT2D eigenvalue weighted by Crippen LogP contribution is 2.52. The molecule has 20 heavy (non-hydrogen) atoms. The third-order valence-corrected chi connectivity index (χ3v) is 8.76. The van der Waals surface area contributed by atoms with Gasteiger partial charge in [0, 0.05) is 5.25 Å². The highest BCUT2D eigenvalue weighted by atomic mass is 35.5. The van der Waals surface area contributed by atoms with E-state index in [9.17, 15) is 0 Å². The first kappa shape index (κ1) is 17.7. The highest BCUT2D eigenvalue weighted by Gasteiger charge is 2.21. The van der Waals surface area contributed by atoms with Crippen molar-refractivity contribution in [1.29, 1.82) is 0 Å². The summed E-state index contributed by atoms with van der Waals surface area (Å²) in [5.74, 6) is 0. The molecule has 112 valence electrons. The second-order valence-electron chi connectivity index (χ2n) is 4.69. The van der Waals surface area contributed by atoms with E-state index in [1.807, 2.05) is 0 Å². The van der Waals surface area contributed by atoms with E-state index in [1.165, 1.54) is 38.5 Å². The van der Waals surface area contributed by atoms with E-state index in [0.717, 1.165) is 0 Å². The molecule has 0 amide bonds. The lowest BCUT2D eigenvalue weighted by molar-refractivity contribution is 0.702. The van der Waals surface area contributed by atoms with Crippen molar-refractivity contribution in [2.24, 2.45) is 0 Å². The molecular formula is C13H13Cl5S2. The van der Waals surface area contributed by atoms with E-state index in [0.29, 0.717) is 20.2 Å². The average Bonchev–Trinajstić information content (AvgIpc) is 2.72. The highest BCUT2D eigenvalue weighted by molar-refractivity contribution is 8.77. The lowest BCUT2D eigenvalue weighted by atomic mass is 10.2. The van der Waals surface area contributed by atoms with Crippen molar-refractivity contribution in [3.05, 3.63) is 25.1 Å². The van der Waals surface area contributed by atoms with Gasteiger partial charge in [0.25, 0.3) is 0 Å². The van der Waals surface area contributed by atoms with Crippen LogP contribution >= 0.6 is 79.6 Å². The molecule has 1 aromatic rings. The van der Waals surface area contributed by atoms with Crippen molar-refractivity contribution in [1.82, 2.24) is 0 Å². The van der Waals surface area contributed by atoms with Gasteiger partial charge in [-0.3, -0.25) is 0 Å². The minimum atomic E-state index is 0.215. The molecule has 0 N–H and O–H groups in total. The zero-order valence-electron chi connectivity index (χ0n) is 10.5. The molecule has 0 heterocycles. The molecule has 1 fully saturated rings. The van der Waals surface area contributed by atoms with Gasteiger partial charge in [-0.1, -0.05) is 105 Å². The van der Waals surface area contributed by atoms with E-state index < -0.39 is 0 Å².